The summed E-state index contributed by atoms with van der Waals surface area (Å²) in [6, 6.07) is 1.63. The molecule has 2 nitrogen and oxygen atoms in total. The van der Waals surface area contributed by atoms with Gasteiger partial charge in [0.25, 0.3) is 0 Å². The van der Waals surface area contributed by atoms with E-state index in [-0.39, 0.29) is 0 Å². The van der Waals surface area contributed by atoms with Crippen LogP contribution >= 0.6 is 38.5 Å². The van der Waals surface area contributed by atoms with Gasteiger partial charge in [-0.3, -0.25) is 0 Å². The lowest BCUT2D eigenvalue weighted by Gasteiger charge is -1.88. The first-order valence-electron chi connectivity index (χ1n) is 3.08. The van der Waals surface area contributed by atoms with Gasteiger partial charge in [0.1, 0.15) is 5.58 Å². The second-order valence-corrected chi connectivity index (χ2v) is 3.94. The van der Waals surface area contributed by atoms with Crippen molar-refractivity contribution < 1.29 is 8.81 Å². The van der Waals surface area contributed by atoms with Gasteiger partial charge in [0.15, 0.2) is 3.77 Å². The smallest absolute Gasteiger partial charge is 0.225 e. The highest BCUT2D eigenvalue weighted by atomic mass is 127. The van der Waals surface area contributed by atoms with Gasteiger partial charge in [-0.05, 0) is 15.9 Å². The molecule has 0 N–H and O–H groups in total. The maximum absolute atomic E-state index is 13.1. The lowest BCUT2D eigenvalue weighted by atomic mass is 10.3. The summed E-state index contributed by atoms with van der Waals surface area (Å²) in [5, 5.41) is 0.405. The van der Waals surface area contributed by atoms with E-state index in [0.29, 0.717) is 19.2 Å². The molecule has 0 aliphatic rings. The van der Waals surface area contributed by atoms with Crippen LogP contribution in [-0.4, -0.2) is 4.98 Å². The van der Waals surface area contributed by atoms with Crippen molar-refractivity contribution >= 4 is 49.5 Å². The van der Waals surface area contributed by atoms with Gasteiger partial charge in [-0.25, -0.2) is 4.98 Å². The summed E-state index contributed by atoms with van der Waals surface area (Å²) >= 11 is 5.21. The van der Waals surface area contributed by atoms with Gasteiger partial charge in [-0.15, -0.1) is 0 Å². The molecule has 2 heterocycles. The Morgan fingerprint density at radius 1 is 1.58 bits per heavy atom. The Labute approximate surface area is 89.4 Å². The van der Waals surface area contributed by atoms with Crippen LogP contribution in [-0.2, 0) is 0 Å². The molecule has 0 bridgehead atoms. The van der Waals surface area contributed by atoms with Crippen molar-refractivity contribution in [1.29, 1.82) is 0 Å². The molecule has 12 heavy (non-hydrogen) atoms. The second-order valence-electron chi connectivity index (χ2n) is 2.16. The Kier molecular flexibility index (Phi) is 2.07. The van der Waals surface area contributed by atoms with E-state index in [1.807, 2.05) is 22.6 Å². The van der Waals surface area contributed by atoms with Crippen LogP contribution in [0.3, 0.4) is 0 Å². The highest BCUT2D eigenvalue weighted by Crippen LogP contribution is 2.32. The quantitative estimate of drug-likeness (QED) is 0.542. The van der Waals surface area contributed by atoms with E-state index in [1.54, 1.807) is 6.07 Å². The van der Waals surface area contributed by atoms with E-state index >= 15 is 0 Å². The molecule has 2 aromatic heterocycles. The van der Waals surface area contributed by atoms with Crippen molar-refractivity contribution in [1.82, 2.24) is 4.98 Å². The highest BCUT2D eigenvalue weighted by molar-refractivity contribution is 14.1. The number of fused-ring (bicyclic) bond motifs is 1. The molecule has 0 aliphatic carbocycles. The Bertz CT molecular complexity index is 442. The largest absolute Gasteiger partial charge is 0.449 e. The number of pyridine rings is 1. The maximum atomic E-state index is 13.1. The average molecular weight is 342 g/mol. The van der Waals surface area contributed by atoms with Gasteiger partial charge >= 0.3 is 0 Å². The van der Waals surface area contributed by atoms with E-state index in [0.717, 1.165) is 0 Å². The van der Waals surface area contributed by atoms with Crippen LogP contribution in [0.15, 0.2) is 21.2 Å². The van der Waals surface area contributed by atoms with Crippen molar-refractivity contribution in [2.24, 2.45) is 0 Å². The fraction of sp³-hybridized carbons (Fsp3) is 0. The first kappa shape index (κ1) is 8.43. The standard InChI is InChI=1S/C7H2BrFINO/c8-5-4-3(12-7(5)10)1-2-11-6(4)9/h1-2H. The van der Waals surface area contributed by atoms with Crippen LogP contribution in [0.1, 0.15) is 0 Å². The fourth-order valence-electron chi connectivity index (χ4n) is 0.943. The zero-order valence-electron chi connectivity index (χ0n) is 5.64. The molecule has 0 amide bonds. The van der Waals surface area contributed by atoms with Crippen LogP contribution in [0.2, 0.25) is 0 Å². The molecule has 0 aliphatic heterocycles. The first-order chi connectivity index (χ1) is 5.70. The summed E-state index contributed by atoms with van der Waals surface area (Å²) in [5.41, 5.74) is 0.513. The second kappa shape index (κ2) is 2.95. The van der Waals surface area contributed by atoms with Crippen molar-refractivity contribution in [2.45, 2.75) is 0 Å². The van der Waals surface area contributed by atoms with E-state index in [4.69, 9.17) is 4.42 Å². The lowest BCUT2D eigenvalue weighted by molar-refractivity contribution is 0.574. The number of aromatic nitrogens is 1. The predicted octanol–water partition coefficient (Wildman–Crippen LogP) is 3.33. The molecular formula is C7H2BrFINO. The minimum atomic E-state index is -0.508. The summed E-state index contributed by atoms with van der Waals surface area (Å²) in [6.07, 6.45) is 1.38. The molecule has 0 radical (unpaired) electrons. The van der Waals surface area contributed by atoms with Crippen molar-refractivity contribution in [3.63, 3.8) is 0 Å². The van der Waals surface area contributed by atoms with Gasteiger partial charge in [-0.2, -0.15) is 4.39 Å². The molecule has 0 saturated heterocycles. The third-order valence-corrected chi connectivity index (χ3v) is 3.72. The lowest BCUT2D eigenvalue weighted by Crippen LogP contribution is -1.80. The van der Waals surface area contributed by atoms with Gasteiger partial charge in [0.05, 0.1) is 9.86 Å². The van der Waals surface area contributed by atoms with Gasteiger partial charge < -0.3 is 4.42 Å². The van der Waals surface area contributed by atoms with E-state index in [1.165, 1.54) is 6.20 Å². The molecule has 0 saturated carbocycles. The SMILES string of the molecule is Fc1nccc2oc(I)c(Br)c12. The molecule has 62 valence electrons. The molecule has 0 unspecified atom stereocenters. The molecule has 0 aromatic carbocycles. The van der Waals surface area contributed by atoms with Crippen LogP contribution in [0.4, 0.5) is 4.39 Å². The van der Waals surface area contributed by atoms with Crippen LogP contribution in [0, 0.1) is 9.71 Å². The molecular weight excluding hydrogens is 340 g/mol. The van der Waals surface area contributed by atoms with Crippen LogP contribution in [0.25, 0.3) is 11.0 Å². The molecule has 0 spiro atoms. The molecule has 0 fully saturated rings. The predicted molar refractivity (Wildman–Crippen MR) is 54.4 cm³/mol. The van der Waals surface area contributed by atoms with Crippen molar-refractivity contribution in [2.75, 3.05) is 0 Å². The monoisotopic (exact) mass is 341 g/mol. The summed E-state index contributed by atoms with van der Waals surface area (Å²) in [6.45, 7) is 0. The Hall–Kier alpha value is -0.170. The number of halogens is 3. The number of nitrogens with zero attached hydrogens (tertiary/aromatic N) is 1. The third kappa shape index (κ3) is 1.15. The van der Waals surface area contributed by atoms with Crippen LogP contribution < -0.4 is 0 Å². The van der Waals surface area contributed by atoms with E-state index in [2.05, 4.69) is 20.9 Å². The molecule has 2 rings (SSSR count). The first-order valence-corrected chi connectivity index (χ1v) is 4.95. The minimum absolute atomic E-state index is 0.405. The molecule has 2 aromatic rings. The Morgan fingerprint density at radius 3 is 3.00 bits per heavy atom. The summed E-state index contributed by atoms with van der Waals surface area (Å²) in [5.74, 6) is -0.508. The number of rotatable bonds is 0. The van der Waals surface area contributed by atoms with Gasteiger partial charge in [0, 0.05) is 34.9 Å². The normalized spacial score (nSPS) is 10.9. The van der Waals surface area contributed by atoms with Crippen molar-refractivity contribution in [3.05, 3.63) is 26.5 Å². The van der Waals surface area contributed by atoms with Gasteiger partial charge in [-0.1, -0.05) is 0 Å². The zero-order valence-corrected chi connectivity index (χ0v) is 9.39. The van der Waals surface area contributed by atoms with Crippen molar-refractivity contribution in [3.8, 4) is 0 Å². The molecule has 0 atom stereocenters. The summed E-state index contributed by atoms with van der Waals surface area (Å²) in [7, 11) is 0. The van der Waals surface area contributed by atoms with E-state index in [9.17, 15) is 4.39 Å². The minimum Gasteiger partial charge on any atom is -0.449 e. The van der Waals surface area contributed by atoms with E-state index < -0.39 is 5.95 Å². The highest BCUT2D eigenvalue weighted by Gasteiger charge is 2.13. The summed E-state index contributed by atoms with van der Waals surface area (Å²) < 4.78 is 19.6. The third-order valence-electron chi connectivity index (χ3n) is 1.46. The topological polar surface area (TPSA) is 26.0 Å². The number of hydrogen-bond acceptors (Lipinski definition) is 2. The number of hydrogen-bond donors (Lipinski definition) is 0. The Morgan fingerprint density at radius 2 is 2.33 bits per heavy atom. The summed E-state index contributed by atoms with van der Waals surface area (Å²) in [4.78, 5) is 3.52. The Balaban J connectivity index is 2.97. The van der Waals surface area contributed by atoms with Gasteiger partial charge in [0.2, 0.25) is 5.95 Å². The van der Waals surface area contributed by atoms with Crippen LogP contribution in [0.5, 0.6) is 0 Å². The number of furan rings is 1. The zero-order chi connectivity index (χ0) is 8.72. The molecule has 5 heteroatoms. The fourth-order valence-corrected chi connectivity index (χ4v) is 1.89. The maximum Gasteiger partial charge on any atom is 0.225 e. The average Bonchev–Trinajstić information content (AvgIpc) is 2.29.